The number of hydrogen-bond donors (Lipinski definition) is 0. The number of hydrogen-bond acceptors (Lipinski definition) is 2. The van der Waals surface area contributed by atoms with E-state index in [-0.39, 0.29) is 0 Å². The highest BCUT2D eigenvalue weighted by molar-refractivity contribution is 6.10. The summed E-state index contributed by atoms with van der Waals surface area (Å²) >= 11 is 0. The maximum Gasteiger partial charge on any atom is 0.227 e. The maximum absolute atomic E-state index is 5.97. The van der Waals surface area contributed by atoms with Gasteiger partial charge in [-0.3, -0.25) is 0 Å². The largest absolute Gasteiger partial charge is 0.436 e. The maximum atomic E-state index is 5.97. The second-order valence-corrected chi connectivity index (χ2v) is 10.1. The van der Waals surface area contributed by atoms with Gasteiger partial charge in [-0.05, 0) is 76.9 Å². The molecule has 0 bridgehead atoms. The highest BCUT2D eigenvalue weighted by atomic mass is 16.3. The lowest BCUT2D eigenvalue weighted by atomic mass is 10.0. The third-order valence-electron chi connectivity index (χ3n) is 7.66. The van der Waals surface area contributed by atoms with Crippen LogP contribution in [0, 0.1) is 0 Å². The molecule has 3 nitrogen and oxygen atoms in total. The lowest BCUT2D eigenvalue weighted by Crippen LogP contribution is -1.93. The van der Waals surface area contributed by atoms with Crippen LogP contribution in [0.25, 0.3) is 72.3 Å². The number of aromatic nitrogens is 2. The van der Waals surface area contributed by atoms with Gasteiger partial charge >= 0.3 is 0 Å². The Labute approximate surface area is 231 Å². The summed E-state index contributed by atoms with van der Waals surface area (Å²) in [5.41, 5.74) is 11.0. The molecule has 0 radical (unpaired) electrons. The Morgan fingerprint density at radius 3 is 1.88 bits per heavy atom. The average Bonchev–Trinajstić information content (AvgIpc) is 3.61. The van der Waals surface area contributed by atoms with Crippen molar-refractivity contribution in [3.8, 4) is 39.4 Å². The molecule has 0 spiro atoms. The first-order valence-electron chi connectivity index (χ1n) is 13.5. The van der Waals surface area contributed by atoms with Gasteiger partial charge in [-0.15, -0.1) is 0 Å². The molecule has 0 aliphatic heterocycles. The zero-order chi connectivity index (χ0) is 26.5. The molecule has 0 fully saturated rings. The Morgan fingerprint density at radius 1 is 0.450 bits per heavy atom. The van der Waals surface area contributed by atoms with Crippen LogP contribution in [0.3, 0.4) is 0 Å². The van der Waals surface area contributed by atoms with E-state index in [0.29, 0.717) is 5.89 Å². The number of fused-ring (bicyclic) bond motifs is 4. The standard InChI is InChI=1S/C37H24N2O/c1-2-8-25(9-3-1)26-18-21-30(22-19-26)39-34-12-6-4-10-31(34)32-24-29(20-23-35(32)39)27-14-16-28(17-15-27)37-38-33-11-5-7-13-36(33)40-37/h1-24H. The molecule has 0 saturated carbocycles. The first-order chi connectivity index (χ1) is 19.8. The summed E-state index contributed by atoms with van der Waals surface area (Å²) in [6, 6.07) is 51.1. The molecule has 8 rings (SSSR count). The van der Waals surface area contributed by atoms with Crippen LogP contribution < -0.4 is 0 Å². The summed E-state index contributed by atoms with van der Waals surface area (Å²) in [7, 11) is 0. The second-order valence-electron chi connectivity index (χ2n) is 10.1. The fourth-order valence-corrected chi connectivity index (χ4v) is 5.67. The zero-order valence-electron chi connectivity index (χ0n) is 21.7. The summed E-state index contributed by atoms with van der Waals surface area (Å²) in [5.74, 6) is 0.643. The molecule has 8 aromatic rings. The van der Waals surface area contributed by atoms with E-state index >= 15 is 0 Å². The number of para-hydroxylation sites is 3. The molecule has 2 aromatic heterocycles. The van der Waals surface area contributed by atoms with Gasteiger partial charge in [-0.2, -0.15) is 0 Å². The lowest BCUT2D eigenvalue weighted by molar-refractivity contribution is 0.620. The molecule has 0 N–H and O–H groups in total. The summed E-state index contributed by atoms with van der Waals surface area (Å²) in [5, 5.41) is 2.48. The van der Waals surface area contributed by atoms with E-state index in [9.17, 15) is 0 Å². The Balaban J connectivity index is 1.19. The van der Waals surface area contributed by atoms with Crippen molar-refractivity contribution in [2.45, 2.75) is 0 Å². The quantitative estimate of drug-likeness (QED) is 0.235. The van der Waals surface area contributed by atoms with Gasteiger partial charge in [0.2, 0.25) is 5.89 Å². The number of rotatable bonds is 4. The highest BCUT2D eigenvalue weighted by Gasteiger charge is 2.14. The van der Waals surface area contributed by atoms with Crippen LogP contribution in [0.1, 0.15) is 0 Å². The van der Waals surface area contributed by atoms with E-state index in [1.54, 1.807) is 0 Å². The molecule has 0 aliphatic carbocycles. The third-order valence-corrected chi connectivity index (χ3v) is 7.66. The van der Waals surface area contributed by atoms with Gasteiger partial charge in [0, 0.05) is 22.0 Å². The summed E-state index contributed by atoms with van der Waals surface area (Å²) < 4.78 is 8.33. The van der Waals surface area contributed by atoms with E-state index in [1.165, 1.54) is 38.5 Å². The molecule has 0 amide bonds. The minimum Gasteiger partial charge on any atom is -0.436 e. The fourth-order valence-electron chi connectivity index (χ4n) is 5.67. The van der Waals surface area contributed by atoms with Crippen molar-refractivity contribution in [1.82, 2.24) is 9.55 Å². The molecule has 0 aliphatic rings. The van der Waals surface area contributed by atoms with Crippen LogP contribution in [0.5, 0.6) is 0 Å². The Hall–Kier alpha value is -5.41. The normalized spacial score (nSPS) is 11.5. The molecule has 6 aromatic carbocycles. The van der Waals surface area contributed by atoms with E-state index in [4.69, 9.17) is 4.42 Å². The minimum absolute atomic E-state index is 0.643. The number of oxazole rings is 1. The molecule has 2 heterocycles. The number of benzene rings is 6. The fraction of sp³-hybridized carbons (Fsp3) is 0. The van der Waals surface area contributed by atoms with E-state index in [0.717, 1.165) is 27.9 Å². The predicted octanol–water partition coefficient (Wildman–Crippen LogP) is 9.93. The van der Waals surface area contributed by atoms with Gasteiger partial charge in [0.25, 0.3) is 0 Å². The monoisotopic (exact) mass is 512 g/mol. The highest BCUT2D eigenvalue weighted by Crippen LogP contribution is 2.36. The van der Waals surface area contributed by atoms with Crippen molar-refractivity contribution >= 4 is 32.9 Å². The molecule has 0 saturated heterocycles. The van der Waals surface area contributed by atoms with Crippen molar-refractivity contribution in [2.24, 2.45) is 0 Å². The van der Waals surface area contributed by atoms with Crippen LogP contribution in [-0.4, -0.2) is 9.55 Å². The summed E-state index contributed by atoms with van der Waals surface area (Å²) in [4.78, 5) is 4.65. The Kier molecular flexibility index (Phi) is 5.14. The minimum atomic E-state index is 0.643. The average molecular weight is 513 g/mol. The van der Waals surface area contributed by atoms with Crippen LogP contribution in [0.2, 0.25) is 0 Å². The molecular formula is C37H24N2O. The van der Waals surface area contributed by atoms with Crippen LogP contribution in [-0.2, 0) is 0 Å². The van der Waals surface area contributed by atoms with Gasteiger partial charge in [-0.25, -0.2) is 4.98 Å². The van der Waals surface area contributed by atoms with E-state index in [2.05, 4.69) is 131 Å². The van der Waals surface area contributed by atoms with Crippen molar-refractivity contribution in [1.29, 1.82) is 0 Å². The van der Waals surface area contributed by atoms with Gasteiger partial charge < -0.3 is 8.98 Å². The Morgan fingerprint density at radius 2 is 1.05 bits per heavy atom. The van der Waals surface area contributed by atoms with Gasteiger partial charge in [-0.1, -0.05) is 91.0 Å². The van der Waals surface area contributed by atoms with Crippen LogP contribution in [0.4, 0.5) is 0 Å². The molecule has 40 heavy (non-hydrogen) atoms. The molecule has 3 heteroatoms. The molecule has 0 unspecified atom stereocenters. The van der Waals surface area contributed by atoms with Gasteiger partial charge in [0.15, 0.2) is 5.58 Å². The van der Waals surface area contributed by atoms with Crippen molar-refractivity contribution in [3.05, 3.63) is 146 Å². The third kappa shape index (κ3) is 3.71. The summed E-state index contributed by atoms with van der Waals surface area (Å²) in [6.07, 6.45) is 0. The van der Waals surface area contributed by atoms with E-state index < -0.39 is 0 Å². The van der Waals surface area contributed by atoms with Crippen molar-refractivity contribution in [2.75, 3.05) is 0 Å². The van der Waals surface area contributed by atoms with Gasteiger partial charge in [0.05, 0.1) is 11.0 Å². The Bertz CT molecular complexity index is 2100. The first-order valence-corrected chi connectivity index (χ1v) is 13.5. The summed E-state index contributed by atoms with van der Waals surface area (Å²) in [6.45, 7) is 0. The molecule has 0 atom stereocenters. The topological polar surface area (TPSA) is 31.0 Å². The lowest BCUT2D eigenvalue weighted by Gasteiger charge is -2.10. The van der Waals surface area contributed by atoms with Crippen molar-refractivity contribution in [3.63, 3.8) is 0 Å². The van der Waals surface area contributed by atoms with Crippen LogP contribution in [0.15, 0.2) is 150 Å². The zero-order valence-corrected chi connectivity index (χ0v) is 21.7. The van der Waals surface area contributed by atoms with Crippen molar-refractivity contribution < 1.29 is 4.42 Å². The molecule has 188 valence electrons. The predicted molar refractivity (Wildman–Crippen MR) is 165 cm³/mol. The van der Waals surface area contributed by atoms with Gasteiger partial charge in [0.1, 0.15) is 5.52 Å². The van der Waals surface area contributed by atoms with E-state index in [1.807, 2.05) is 24.3 Å². The molecular weight excluding hydrogens is 488 g/mol. The smallest absolute Gasteiger partial charge is 0.227 e. The first kappa shape index (κ1) is 22.6. The SMILES string of the molecule is c1ccc(-c2ccc(-n3c4ccccc4c4cc(-c5ccc(-c6nc7ccccc7o6)cc5)ccc43)cc2)cc1. The van der Waals surface area contributed by atoms with Crippen LogP contribution >= 0.6 is 0 Å². The number of nitrogens with zero attached hydrogens (tertiary/aromatic N) is 2. The second kappa shape index (κ2) is 9.11.